The Balaban J connectivity index is 3.14. The summed E-state index contributed by atoms with van der Waals surface area (Å²) in [6, 6.07) is 0. The average molecular weight is 122 g/mol. The van der Waals surface area contributed by atoms with Gasteiger partial charge in [0.05, 0.1) is 6.61 Å². The zero-order valence-electron chi connectivity index (χ0n) is 3.66. The van der Waals surface area contributed by atoms with E-state index in [1.54, 1.807) is 0 Å². The van der Waals surface area contributed by atoms with E-state index in [4.69, 9.17) is 0 Å². The van der Waals surface area contributed by atoms with Crippen LogP contribution < -0.4 is 0 Å². The largest absolute Gasteiger partial charge is 0.268 e. The topological polar surface area (TPSA) is 43.4 Å². The molecule has 0 fully saturated rings. The third-order valence-electron chi connectivity index (χ3n) is 0.298. The van der Waals surface area contributed by atoms with Gasteiger partial charge in [-0.15, -0.1) is 6.58 Å². The van der Waals surface area contributed by atoms with Crippen LogP contribution in [-0.4, -0.2) is 15.0 Å². The van der Waals surface area contributed by atoms with E-state index in [2.05, 4.69) is 10.8 Å². The molecule has 0 N–H and O–H groups in total. The van der Waals surface area contributed by atoms with Crippen LogP contribution in [-0.2, 0) is 15.2 Å². The molecule has 0 aromatic rings. The second-order valence-corrected chi connectivity index (χ2v) is 1.51. The van der Waals surface area contributed by atoms with Crippen LogP contribution in [0.1, 0.15) is 0 Å². The Morgan fingerprint density at radius 2 is 2.29 bits per heavy atom. The molecule has 0 radical (unpaired) electrons. The van der Waals surface area contributed by atoms with Crippen LogP contribution in [0.15, 0.2) is 12.7 Å². The molecule has 0 aliphatic carbocycles. The summed E-state index contributed by atoms with van der Waals surface area (Å²) in [5.41, 5.74) is 0. The Morgan fingerprint density at radius 3 is 2.43 bits per heavy atom. The van der Waals surface area contributed by atoms with E-state index in [1.165, 1.54) is 6.08 Å². The molecule has 0 aromatic heterocycles. The van der Waals surface area contributed by atoms with E-state index in [1.807, 2.05) is 0 Å². The van der Waals surface area contributed by atoms with Crippen molar-refractivity contribution in [2.75, 3.05) is 6.61 Å². The predicted molar refractivity (Wildman–Crippen MR) is 26.5 cm³/mol. The van der Waals surface area contributed by atoms with Gasteiger partial charge in [0.1, 0.15) is 0 Å². The van der Waals surface area contributed by atoms with Crippen LogP contribution in [0.25, 0.3) is 0 Å². The maximum absolute atomic E-state index is 9.53. The van der Waals surface area contributed by atoms with Crippen molar-refractivity contribution in [2.24, 2.45) is 0 Å². The van der Waals surface area contributed by atoms with E-state index < -0.39 is 11.0 Å². The van der Waals surface area contributed by atoms with Crippen molar-refractivity contribution in [1.29, 1.82) is 0 Å². The van der Waals surface area contributed by atoms with Crippen LogP contribution in [0.2, 0.25) is 0 Å². The first-order chi connectivity index (χ1) is 3.27. The molecule has 0 amide bonds. The molecule has 0 aromatic carbocycles. The second kappa shape index (κ2) is 3.83. The molecule has 0 bridgehead atoms. The molecule has 0 saturated carbocycles. The SMILES string of the molecule is C=CCO[SH](=O)=O. The minimum absolute atomic E-state index is 0.0682. The van der Waals surface area contributed by atoms with Crippen LogP contribution in [0.5, 0.6) is 0 Å². The predicted octanol–water partition coefficient (Wildman–Crippen LogP) is -0.285. The molecule has 0 heterocycles. The number of hydrogen-bond acceptors (Lipinski definition) is 3. The Morgan fingerprint density at radius 1 is 1.71 bits per heavy atom. The van der Waals surface area contributed by atoms with Gasteiger partial charge in [0.2, 0.25) is 0 Å². The highest BCUT2D eigenvalue weighted by molar-refractivity contribution is 7.67. The third-order valence-corrected chi connectivity index (χ3v) is 0.658. The first kappa shape index (κ1) is 6.65. The molecule has 42 valence electrons. The van der Waals surface area contributed by atoms with E-state index in [-0.39, 0.29) is 6.61 Å². The zero-order valence-corrected chi connectivity index (χ0v) is 4.56. The lowest BCUT2D eigenvalue weighted by Crippen LogP contribution is -1.85. The standard InChI is InChI=1S/C3H6O3S/c1-2-3-6-7(4)5/h2,7H,1,3H2. The fraction of sp³-hybridized carbons (Fsp3) is 0.333. The van der Waals surface area contributed by atoms with E-state index in [0.717, 1.165) is 0 Å². The lowest BCUT2D eigenvalue weighted by Gasteiger charge is -1.80. The normalized spacial score (nSPS) is 9.29. The van der Waals surface area contributed by atoms with E-state index in [9.17, 15) is 8.42 Å². The minimum Gasteiger partial charge on any atom is -0.268 e. The van der Waals surface area contributed by atoms with Crippen molar-refractivity contribution >= 4 is 11.0 Å². The summed E-state index contributed by atoms with van der Waals surface area (Å²) in [7, 11) is -2.68. The second-order valence-electron chi connectivity index (χ2n) is 0.808. The van der Waals surface area contributed by atoms with Crippen LogP contribution >= 0.6 is 0 Å². The molecule has 0 saturated heterocycles. The molecule has 0 unspecified atom stereocenters. The Hall–Kier alpha value is -0.350. The molecule has 0 aliphatic rings. The summed E-state index contributed by atoms with van der Waals surface area (Å²) in [5.74, 6) is 0. The summed E-state index contributed by atoms with van der Waals surface area (Å²) in [4.78, 5) is 0. The molecule has 0 rings (SSSR count). The van der Waals surface area contributed by atoms with Gasteiger partial charge < -0.3 is 0 Å². The molecule has 7 heavy (non-hydrogen) atoms. The monoisotopic (exact) mass is 122 g/mol. The van der Waals surface area contributed by atoms with Gasteiger partial charge in [0.25, 0.3) is 11.0 Å². The molecule has 0 atom stereocenters. The van der Waals surface area contributed by atoms with E-state index in [0.29, 0.717) is 0 Å². The van der Waals surface area contributed by atoms with Gasteiger partial charge in [-0.25, -0.2) is 8.42 Å². The number of rotatable bonds is 3. The summed E-state index contributed by atoms with van der Waals surface area (Å²) in [6.07, 6.45) is 1.37. The van der Waals surface area contributed by atoms with Gasteiger partial charge in [-0.2, -0.15) is 0 Å². The van der Waals surface area contributed by atoms with Gasteiger partial charge >= 0.3 is 0 Å². The zero-order chi connectivity index (χ0) is 5.70. The molecular weight excluding hydrogens is 116 g/mol. The number of hydrogen-bond donors (Lipinski definition) is 1. The van der Waals surface area contributed by atoms with Crippen LogP contribution in [0.3, 0.4) is 0 Å². The maximum Gasteiger partial charge on any atom is 0.257 e. The van der Waals surface area contributed by atoms with Gasteiger partial charge in [-0.1, -0.05) is 6.08 Å². The molecule has 4 heteroatoms. The van der Waals surface area contributed by atoms with Gasteiger partial charge in [-0.3, -0.25) is 4.18 Å². The highest BCUT2D eigenvalue weighted by atomic mass is 32.2. The van der Waals surface area contributed by atoms with Gasteiger partial charge in [0, 0.05) is 0 Å². The lowest BCUT2D eigenvalue weighted by atomic mass is 10.7. The molecular formula is C3H6O3S. The highest BCUT2D eigenvalue weighted by Gasteiger charge is 1.75. The van der Waals surface area contributed by atoms with Crippen LogP contribution in [0, 0.1) is 0 Å². The Labute approximate surface area is 43.8 Å². The number of thiol groups is 1. The van der Waals surface area contributed by atoms with Crippen molar-refractivity contribution in [1.82, 2.24) is 0 Å². The minimum atomic E-state index is -2.68. The quantitative estimate of drug-likeness (QED) is 0.413. The Kier molecular flexibility index (Phi) is 3.64. The molecule has 0 spiro atoms. The molecule has 3 nitrogen and oxygen atoms in total. The smallest absolute Gasteiger partial charge is 0.257 e. The van der Waals surface area contributed by atoms with Crippen molar-refractivity contribution < 1.29 is 12.6 Å². The van der Waals surface area contributed by atoms with Crippen molar-refractivity contribution in [3.05, 3.63) is 12.7 Å². The van der Waals surface area contributed by atoms with Gasteiger partial charge in [-0.05, 0) is 0 Å². The Bertz CT molecular complexity index is 107. The first-order valence-corrected chi connectivity index (χ1v) is 2.75. The fourth-order valence-electron chi connectivity index (χ4n) is 0.114. The fourth-order valence-corrected chi connectivity index (χ4v) is 0.341. The van der Waals surface area contributed by atoms with Crippen molar-refractivity contribution in [2.45, 2.75) is 0 Å². The summed E-state index contributed by atoms with van der Waals surface area (Å²) < 4.78 is 23.1. The summed E-state index contributed by atoms with van der Waals surface area (Å²) >= 11 is 0. The molecule has 0 aliphatic heterocycles. The lowest BCUT2D eigenvalue weighted by molar-refractivity contribution is 0.375. The summed E-state index contributed by atoms with van der Waals surface area (Å²) in [6.45, 7) is 3.31. The van der Waals surface area contributed by atoms with E-state index >= 15 is 0 Å². The third kappa shape index (κ3) is 5.65. The highest BCUT2D eigenvalue weighted by Crippen LogP contribution is 1.70. The van der Waals surface area contributed by atoms with Crippen LogP contribution in [0.4, 0.5) is 0 Å². The maximum atomic E-state index is 9.53. The average Bonchev–Trinajstić information content (AvgIpc) is 1.61. The first-order valence-electron chi connectivity index (χ1n) is 1.65. The van der Waals surface area contributed by atoms with Gasteiger partial charge in [0.15, 0.2) is 0 Å². The van der Waals surface area contributed by atoms with Crippen molar-refractivity contribution in [3.63, 3.8) is 0 Å². The summed E-state index contributed by atoms with van der Waals surface area (Å²) in [5, 5.41) is 0. The van der Waals surface area contributed by atoms with Crippen molar-refractivity contribution in [3.8, 4) is 0 Å².